The van der Waals surface area contributed by atoms with E-state index in [1.165, 1.54) is 30.6 Å². The fourth-order valence-electron chi connectivity index (χ4n) is 2.75. The molecule has 2 aromatic rings. The topological polar surface area (TPSA) is 45.2 Å². The Morgan fingerprint density at radius 1 is 1.29 bits per heavy atom. The normalized spacial score (nSPS) is 16.7. The van der Waals surface area contributed by atoms with Gasteiger partial charge in [0.05, 0.1) is 10.9 Å². The van der Waals surface area contributed by atoms with E-state index in [9.17, 15) is 4.79 Å². The van der Waals surface area contributed by atoms with Crippen molar-refractivity contribution in [3.05, 3.63) is 41.4 Å². The number of benzene rings is 1. The van der Waals surface area contributed by atoms with Crippen LogP contribution in [0.1, 0.15) is 31.9 Å². The molecule has 3 rings (SSSR count). The summed E-state index contributed by atoms with van der Waals surface area (Å²) in [5, 5.41) is 5.55. The number of thiazole rings is 1. The molecule has 1 amide bonds. The Morgan fingerprint density at radius 2 is 2.04 bits per heavy atom. The highest BCUT2D eigenvalue weighted by atomic mass is 32.2. The number of hydrogen-bond donors (Lipinski definition) is 1. The highest BCUT2D eigenvalue weighted by molar-refractivity contribution is 8.00. The number of anilines is 1. The Balaban J connectivity index is 1.51. The molecule has 1 aliphatic rings. The van der Waals surface area contributed by atoms with Gasteiger partial charge in [-0.1, -0.05) is 24.6 Å². The van der Waals surface area contributed by atoms with Crippen molar-refractivity contribution < 1.29 is 4.79 Å². The highest BCUT2D eigenvalue weighted by Crippen LogP contribution is 2.25. The van der Waals surface area contributed by atoms with E-state index in [0.29, 0.717) is 5.13 Å². The minimum atomic E-state index is -0.151. The minimum absolute atomic E-state index is 0.00252. The maximum Gasteiger partial charge on any atom is 0.239 e. The van der Waals surface area contributed by atoms with E-state index in [2.05, 4.69) is 20.6 Å². The van der Waals surface area contributed by atoms with Gasteiger partial charge in [-0.25, -0.2) is 4.98 Å². The predicted molar refractivity (Wildman–Crippen MR) is 102 cm³/mol. The van der Waals surface area contributed by atoms with Gasteiger partial charge in [-0.05, 0) is 45.0 Å². The number of nitrogens with one attached hydrogen (secondary N) is 1. The third kappa shape index (κ3) is 5.06. The van der Waals surface area contributed by atoms with Gasteiger partial charge in [-0.2, -0.15) is 0 Å². The number of carbonyl (C=O) groups excluding carboxylic acids is 1. The summed E-state index contributed by atoms with van der Waals surface area (Å²) in [5.41, 5.74) is 1.06. The fraction of sp³-hybridized carbons (Fsp3) is 0.444. The SMILES string of the molecule is CC(Sc1ccccc1)C(=O)Nc1nc(CN2CCCCC2)cs1. The van der Waals surface area contributed by atoms with Crippen LogP contribution in [0.25, 0.3) is 0 Å². The number of hydrogen-bond acceptors (Lipinski definition) is 5. The summed E-state index contributed by atoms with van der Waals surface area (Å²) >= 11 is 3.07. The van der Waals surface area contributed by atoms with Crippen molar-refractivity contribution in [3.63, 3.8) is 0 Å². The lowest BCUT2D eigenvalue weighted by atomic mass is 10.1. The maximum atomic E-state index is 12.3. The molecule has 1 aromatic heterocycles. The van der Waals surface area contributed by atoms with Gasteiger partial charge in [0.15, 0.2) is 5.13 Å². The zero-order chi connectivity index (χ0) is 16.8. The van der Waals surface area contributed by atoms with Gasteiger partial charge in [-0.15, -0.1) is 23.1 Å². The molecule has 0 bridgehead atoms. The first-order valence-corrected chi connectivity index (χ1v) is 10.2. The van der Waals surface area contributed by atoms with Crippen LogP contribution in [0.5, 0.6) is 0 Å². The number of likely N-dealkylation sites (tertiary alicyclic amines) is 1. The summed E-state index contributed by atoms with van der Waals surface area (Å²) in [6.45, 7) is 5.13. The summed E-state index contributed by atoms with van der Waals surface area (Å²) in [5.74, 6) is 0.00252. The molecule has 0 aliphatic carbocycles. The van der Waals surface area contributed by atoms with E-state index in [4.69, 9.17) is 0 Å². The third-order valence-electron chi connectivity index (χ3n) is 4.04. The molecule has 1 fully saturated rings. The molecule has 1 aliphatic heterocycles. The summed E-state index contributed by atoms with van der Waals surface area (Å²) in [4.78, 5) is 20.5. The summed E-state index contributed by atoms with van der Waals surface area (Å²) in [7, 11) is 0. The van der Waals surface area contributed by atoms with Crippen LogP contribution in [0, 0.1) is 0 Å². The molecule has 1 saturated heterocycles. The van der Waals surface area contributed by atoms with E-state index in [1.54, 1.807) is 11.8 Å². The first kappa shape index (κ1) is 17.5. The molecule has 1 aromatic carbocycles. The second-order valence-electron chi connectivity index (χ2n) is 6.04. The molecule has 0 spiro atoms. The Bertz CT molecular complexity index is 653. The fourth-order valence-corrected chi connectivity index (χ4v) is 4.34. The zero-order valence-electron chi connectivity index (χ0n) is 13.9. The van der Waals surface area contributed by atoms with Gasteiger partial charge >= 0.3 is 0 Å². The monoisotopic (exact) mass is 361 g/mol. The lowest BCUT2D eigenvalue weighted by Gasteiger charge is -2.25. The van der Waals surface area contributed by atoms with Crippen LogP contribution in [-0.2, 0) is 11.3 Å². The van der Waals surface area contributed by atoms with E-state index < -0.39 is 0 Å². The number of aromatic nitrogens is 1. The zero-order valence-corrected chi connectivity index (χ0v) is 15.5. The number of amides is 1. The van der Waals surface area contributed by atoms with Crippen LogP contribution in [0.15, 0.2) is 40.6 Å². The molecular formula is C18H23N3OS2. The minimum Gasteiger partial charge on any atom is -0.301 e. The highest BCUT2D eigenvalue weighted by Gasteiger charge is 2.17. The van der Waals surface area contributed by atoms with Gasteiger partial charge < -0.3 is 5.32 Å². The molecule has 4 nitrogen and oxygen atoms in total. The van der Waals surface area contributed by atoms with E-state index >= 15 is 0 Å². The molecule has 0 radical (unpaired) electrons. The Hall–Kier alpha value is -1.37. The molecule has 1 N–H and O–H groups in total. The number of rotatable bonds is 6. The first-order valence-electron chi connectivity index (χ1n) is 8.40. The Kier molecular flexibility index (Phi) is 6.29. The van der Waals surface area contributed by atoms with E-state index in [0.717, 1.165) is 30.2 Å². The molecule has 2 heterocycles. The molecule has 128 valence electrons. The van der Waals surface area contributed by atoms with E-state index in [1.807, 2.05) is 37.3 Å². The predicted octanol–water partition coefficient (Wildman–Crippen LogP) is 4.25. The number of piperidine rings is 1. The van der Waals surface area contributed by atoms with Crippen molar-refractivity contribution >= 4 is 34.1 Å². The van der Waals surface area contributed by atoms with Gasteiger partial charge in [0, 0.05) is 16.8 Å². The van der Waals surface area contributed by atoms with Crippen LogP contribution in [-0.4, -0.2) is 34.1 Å². The van der Waals surface area contributed by atoms with Gasteiger partial charge in [-0.3, -0.25) is 9.69 Å². The van der Waals surface area contributed by atoms with Crippen molar-refractivity contribution in [2.24, 2.45) is 0 Å². The quantitative estimate of drug-likeness (QED) is 0.781. The van der Waals surface area contributed by atoms with Gasteiger partial charge in [0.25, 0.3) is 0 Å². The van der Waals surface area contributed by atoms with Crippen LogP contribution >= 0.6 is 23.1 Å². The maximum absolute atomic E-state index is 12.3. The average Bonchev–Trinajstić information content (AvgIpc) is 3.03. The molecule has 0 saturated carbocycles. The lowest BCUT2D eigenvalue weighted by Crippen LogP contribution is -2.29. The Labute approximate surface area is 151 Å². The lowest BCUT2D eigenvalue weighted by molar-refractivity contribution is -0.115. The summed E-state index contributed by atoms with van der Waals surface area (Å²) in [6, 6.07) is 10.00. The second kappa shape index (κ2) is 8.65. The largest absolute Gasteiger partial charge is 0.301 e. The third-order valence-corrected chi connectivity index (χ3v) is 5.96. The molecule has 1 unspecified atom stereocenters. The van der Waals surface area contributed by atoms with Crippen LogP contribution < -0.4 is 5.32 Å². The second-order valence-corrected chi connectivity index (χ2v) is 8.32. The van der Waals surface area contributed by atoms with Gasteiger partial charge in [0.1, 0.15) is 0 Å². The van der Waals surface area contributed by atoms with Crippen molar-refractivity contribution in [2.45, 2.75) is 42.9 Å². The molecule has 1 atom stereocenters. The summed E-state index contributed by atoms with van der Waals surface area (Å²) in [6.07, 6.45) is 3.90. The molecule has 24 heavy (non-hydrogen) atoms. The number of carbonyl (C=O) groups is 1. The molecule has 6 heteroatoms. The van der Waals surface area contributed by atoms with Crippen LogP contribution in [0.2, 0.25) is 0 Å². The van der Waals surface area contributed by atoms with Crippen LogP contribution in [0.4, 0.5) is 5.13 Å². The van der Waals surface area contributed by atoms with Gasteiger partial charge in [0.2, 0.25) is 5.91 Å². The van der Waals surface area contributed by atoms with Crippen molar-refractivity contribution in [3.8, 4) is 0 Å². The number of thioether (sulfide) groups is 1. The van der Waals surface area contributed by atoms with Crippen molar-refractivity contribution in [2.75, 3.05) is 18.4 Å². The standard InChI is InChI=1S/C18H23N3OS2/c1-14(24-16-8-4-2-5-9-16)17(22)20-18-19-15(13-23-18)12-21-10-6-3-7-11-21/h2,4-5,8-9,13-14H,3,6-7,10-12H2,1H3,(H,19,20,22). The molecular weight excluding hydrogens is 338 g/mol. The average molecular weight is 362 g/mol. The van der Waals surface area contributed by atoms with E-state index in [-0.39, 0.29) is 11.2 Å². The first-order chi connectivity index (χ1) is 11.7. The summed E-state index contributed by atoms with van der Waals surface area (Å²) < 4.78 is 0. The van der Waals surface area contributed by atoms with Crippen LogP contribution in [0.3, 0.4) is 0 Å². The Morgan fingerprint density at radius 3 is 2.79 bits per heavy atom. The smallest absolute Gasteiger partial charge is 0.239 e. The number of nitrogens with zero attached hydrogens (tertiary/aromatic N) is 2. The van der Waals surface area contributed by atoms with Crippen molar-refractivity contribution in [1.29, 1.82) is 0 Å². The van der Waals surface area contributed by atoms with Crippen molar-refractivity contribution in [1.82, 2.24) is 9.88 Å².